The molecule has 2 aromatic rings. The number of aromatic hydroxyl groups is 1. The van der Waals surface area contributed by atoms with Crippen molar-refractivity contribution in [2.75, 3.05) is 33.2 Å². The fourth-order valence-corrected chi connectivity index (χ4v) is 7.80. The van der Waals surface area contributed by atoms with Gasteiger partial charge in [-0.3, -0.25) is 0 Å². The Morgan fingerprint density at radius 1 is 1.05 bits per heavy atom. The monoisotopic (exact) mass is 515 g/mol. The number of piperidine rings is 1. The van der Waals surface area contributed by atoms with Crippen LogP contribution in [0, 0.1) is 23.7 Å². The summed E-state index contributed by atoms with van der Waals surface area (Å²) in [6.07, 6.45) is 12.1. The topological polar surface area (TPSA) is 125 Å². The number of fused-ring (bicyclic) bond motifs is 1. The van der Waals surface area contributed by atoms with Gasteiger partial charge in [0.15, 0.2) is 0 Å². The lowest BCUT2D eigenvalue weighted by Gasteiger charge is -2.31. The second kappa shape index (κ2) is 10.5. The Bertz CT molecular complexity index is 1200. The van der Waals surface area contributed by atoms with Gasteiger partial charge in [-0.2, -0.15) is 0 Å². The van der Waals surface area contributed by atoms with E-state index < -0.39 is 0 Å². The average molecular weight is 516 g/mol. The molecule has 38 heavy (non-hydrogen) atoms. The van der Waals surface area contributed by atoms with Gasteiger partial charge in [0.05, 0.1) is 5.70 Å². The first-order chi connectivity index (χ1) is 18.5. The number of rotatable bonds is 6. The Labute approximate surface area is 225 Å². The SMILES string of the molecule is CN/C(=C\C(=C(N)N)N1CC2CC3C(CC(c4ncc(C5CCNCC5)cn4)C3C2)C1)c1ccccc1O. The molecule has 5 atom stereocenters. The number of nitrogens with two attached hydrogens (primary N) is 2. The molecule has 2 saturated carbocycles. The number of benzene rings is 1. The van der Waals surface area contributed by atoms with Crippen molar-refractivity contribution in [2.24, 2.45) is 35.1 Å². The summed E-state index contributed by atoms with van der Waals surface area (Å²) in [7, 11) is 1.86. The smallest absolute Gasteiger partial charge is 0.131 e. The molecule has 7 N–H and O–H groups in total. The Hall–Kier alpha value is -3.26. The van der Waals surface area contributed by atoms with Crippen LogP contribution in [0.4, 0.5) is 0 Å². The van der Waals surface area contributed by atoms with Gasteiger partial charge in [0.1, 0.15) is 17.4 Å². The van der Waals surface area contributed by atoms with Gasteiger partial charge in [0, 0.05) is 49.7 Å². The first-order valence-corrected chi connectivity index (χ1v) is 14.2. The molecule has 2 bridgehead atoms. The van der Waals surface area contributed by atoms with E-state index >= 15 is 0 Å². The molecule has 8 heteroatoms. The minimum Gasteiger partial charge on any atom is -0.507 e. The normalized spacial score (nSPS) is 29.2. The van der Waals surface area contributed by atoms with E-state index in [0.717, 1.165) is 55.4 Å². The zero-order valence-corrected chi connectivity index (χ0v) is 22.3. The summed E-state index contributed by atoms with van der Waals surface area (Å²) in [5.74, 6) is 5.15. The van der Waals surface area contributed by atoms with E-state index in [9.17, 15) is 5.11 Å². The molecule has 1 aromatic heterocycles. The molecule has 2 aliphatic heterocycles. The van der Waals surface area contributed by atoms with Crippen LogP contribution in [-0.4, -0.2) is 53.2 Å². The van der Waals surface area contributed by atoms with Crippen LogP contribution in [0.1, 0.15) is 60.9 Å². The predicted molar refractivity (Wildman–Crippen MR) is 150 cm³/mol. The van der Waals surface area contributed by atoms with Crippen molar-refractivity contribution in [2.45, 2.75) is 43.9 Å². The van der Waals surface area contributed by atoms with E-state index in [1.54, 1.807) is 6.07 Å². The second-order valence-corrected chi connectivity index (χ2v) is 11.7. The van der Waals surface area contributed by atoms with Crippen LogP contribution in [0.15, 0.2) is 54.3 Å². The van der Waals surface area contributed by atoms with Gasteiger partial charge in [0.2, 0.25) is 0 Å². The van der Waals surface area contributed by atoms with Crippen molar-refractivity contribution in [3.63, 3.8) is 0 Å². The van der Waals surface area contributed by atoms with Crippen LogP contribution in [0.2, 0.25) is 0 Å². The number of para-hydroxylation sites is 1. The van der Waals surface area contributed by atoms with Gasteiger partial charge >= 0.3 is 0 Å². The number of allylic oxidation sites excluding steroid dienone is 1. The summed E-state index contributed by atoms with van der Waals surface area (Å²) in [6.45, 7) is 4.05. The van der Waals surface area contributed by atoms with Crippen molar-refractivity contribution in [3.8, 4) is 5.75 Å². The molecule has 4 aliphatic rings. The van der Waals surface area contributed by atoms with Gasteiger partial charge in [-0.25, -0.2) is 9.97 Å². The number of likely N-dealkylation sites (tertiary alicyclic amines) is 1. The highest BCUT2D eigenvalue weighted by atomic mass is 16.3. The van der Waals surface area contributed by atoms with E-state index in [1.807, 2.05) is 31.3 Å². The molecule has 2 saturated heterocycles. The number of hydrogen-bond acceptors (Lipinski definition) is 8. The zero-order valence-electron chi connectivity index (χ0n) is 22.3. The third-order valence-electron chi connectivity index (χ3n) is 9.59. The number of phenols is 1. The van der Waals surface area contributed by atoms with Crippen molar-refractivity contribution >= 4 is 5.70 Å². The number of aromatic nitrogens is 2. The summed E-state index contributed by atoms with van der Waals surface area (Å²) in [5, 5.41) is 17.1. The molecule has 2 aliphatic carbocycles. The van der Waals surface area contributed by atoms with Crippen LogP contribution in [0.25, 0.3) is 5.70 Å². The molecule has 0 radical (unpaired) electrons. The Morgan fingerprint density at radius 3 is 2.50 bits per heavy atom. The summed E-state index contributed by atoms with van der Waals surface area (Å²) in [6, 6.07) is 7.33. The number of hydrogen-bond donors (Lipinski definition) is 5. The minimum atomic E-state index is 0.227. The molecule has 5 unspecified atom stereocenters. The lowest BCUT2D eigenvalue weighted by Crippen LogP contribution is -2.35. The Kier molecular flexibility index (Phi) is 6.91. The zero-order chi connectivity index (χ0) is 26.2. The average Bonchev–Trinajstić information content (AvgIpc) is 3.45. The van der Waals surface area contributed by atoms with Crippen LogP contribution in [0.3, 0.4) is 0 Å². The largest absolute Gasteiger partial charge is 0.507 e. The van der Waals surface area contributed by atoms with E-state index in [4.69, 9.17) is 21.4 Å². The van der Waals surface area contributed by atoms with Crippen LogP contribution in [0.5, 0.6) is 5.75 Å². The Morgan fingerprint density at radius 2 is 1.79 bits per heavy atom. The molecule has 4 fully saturated rings. The molecule has 202 valence electrons. The fourth-order valence-electron chi connectivity index (χ4n) is 7.80. The quantitative estimate of drug-likeness (QED) is 0.372. The van der Waals surface area contributed by atoms with E-state index in [0.29, 0.717) is 41.3 Å². The maximum absolute atomic E-state index is 10.4. The Balaban J connectivity index is 1.22. The lowest BCUT2D eigenvalue weighted by atomic mass is 9.89. The second-order valence-electron chi connectivity index (χ2n) is 11.7. The fraction of sp³-hybridized carbons (Fsp3) is 0.533. The van der Waals surface area contributed by atoms with E-state index in [-0.39, 0.29) is 5.75 Å². The molecule has 0 spiro atoms. The molecular weight excluding hydrogens is 474 g/mol. The first-order valence-electron chi connectivity index (χ1n) is 14.2. The van der Waals surface area contributed by atoms with E-state index in [2.05, 4.69) is 27.9 Å². The van der Waals surface area contributed by atoms with Crippen LogP contribution >= 0.6 is 0 Å². The van der Waals surface area contributed by atoms with Gasteiger partial charge in [-0.05, 0) is 98.6 Å². The molecular formula is C30H41N7O. The highest BCUT2D eigenvalue weighted by molar-refractivity contribution is 5.70. The van der Waals surface area contributed by atoms with Crippen molar-refractivity contribution in [1.29, 1.82) is 0 Å². The third-order valence-corrected chi connectivity index (χ3v) is 9.59. The maximum Gasteiger partial charge on any atom is 0.131 e. The summed E-state index contributed by atoms with van der Waals surface area (Å²) in [5.41, 5.74) is 16.2. The first kappa shape index (κ1) is 25.0. The van der Waals surface area contributed by atoms with Gasteiger partial charge < -0.3 is 32.1 Å². The summed E-state index contributed by atoms with van der Waals surface area (Å²) >= 11 is 0. The number of phenolic OH excluding ortho intramolecular Hbond substituents is 1. The maximum atomic E-state index is 10.4. The van der Waals surface area contributed by atoms with Crippen molar-refractivity contribution < 1.29 is 5.11 Å². The molecule has 3 heterocycles. The minimum absolute atomic E-state index is 0.227. The highest BCUT2D eigenvalue weighted by Crippen LogP contribution is 2.58. The molecule has 0 amide bonds. The van der Waals surface area contributed by atoms with Crippen LogP contribution < -0.4 is 22.1 Å². The van der Waals surface area contributed by atoms with Crippen LogP contribution in [-0.2, 0) is 0 Å². The van der Waals surface area contributed by atoms with Gasteiger partial charge in [-0.1, -0.05) is 12.1 Å². The number of nitrogens with one attached hydrogen (secondary N) is 2. The van der Waals surface area contributed by atoms with Gasteiger partial charge in [0.25, 0.3) is 0 Å². The molecule has 6 rings (SSSR count). The predicted octanol–water partition coefficient (Wildman–Crippen LogP) is 3.06. The lowest BCUT2D eigenvalue weighted by molar-refractivity contribution is 0.244. The molecule has 8 nitrogen and oxygen atoms in total. The summed E-state index contributed by atoms with van der Waals surface area (Å²) < 4.78 is 0. The summed E-state index contributed by atoms with van der Waals surface area (Å²) in [4.78, 5) is 12.3. The number of nitrogens with zero attached hydrogens (tertiary/aromatic N) is 3. The van der Waals surface area contributed by atoms with E-state index in [1.165, 1.54) is 31.2 Å². The third kappa shape index (κ3) is 4.70. The standard InChI is InChI=1S/C30H41N7O/c1-33-26(22-4-2-3-5-28(22)38)13-27(29(31)32)37-16-18-10-23-20(17-37)12-25(24(23)11-18)30-35-14-21(15-36-30)19-6-8-34-9-7-19/h2-5,13-15,18-20,23-25,33-34,38H,6-12,16-17,31-32H2,1H3/b26-13-. The van der Waals surface area contributed by atoms with Crippen molar-refractivity contribution in [3.05, 3.63) is 71.2 Å². The molecule has 1 aromatic carbocycles. The van der Waals surface area contributed by atoms with Gasteiger partial charge in [-0.15, -0.1) is 0 Å². The highest BCUT2D eigenvalue weighted by Gasteiger charge is 2.52. The van der Waals surface area contributed by atoms with Crippen molar-refractivity contribution in [1.82, 2.24) is 25.5 Å².